The van der Waals surface area contributed by atoms with Crippen molar-refractivity contribution in [1.29, 1.82) is 0 Å². The third-order valence-electron chi connectivity index (χ3n) is 3.72. The van der Waals surface area contributed by atoms with Gasteiger partial charge in [0.2, 0.25) is 0 Å². The Morgan fingerprint density at radius 3 is 2.33 bits per heavy atom. The van der Waals surface area contributed by atoms with Crippen LogP contribution in [-0.4, -0.2) is 43.9 Å². The fraction of sp³-hybridized carbons (Fsp3) is 0.625. The highest BCUT2D eigenvalue weighted by Crippen LogP contribution is 2.20. The van der Waals surface area contributed by atoms with Gasteiger partial charge < -0.3 is 9.53 Å². The van der Waals surface area contributed by atoms with Gasteiger partial charge in [-0.3, -0.25) is 4.90 Å². The van der Waals surface area contributed by atoms with Crippen LogP contribution in [0.4, 0.5) is 0 Å². The minimum Gasteiger partial charge on any atom is -0.465 e. The number of aryl methyl sites for hydroxylation is 1. The molecule has 0 saturated carbocycles. The van der Waals surface area contributed by atoms with Crippen LogP contribution < -0.4 is 0 Å². The predicted octanol–water partition coefficient (Wildman–Crippen LogP) is 3.21. The van der Waals surface area contributed by atoms with Gasteiger partial charge in [0.25, 0.3) is 0 Å². The lowest BCUT2D eigenvalue weighted by Crippen LogP contribution is -2.26. The fourth-order valence-corrected chi connectivity index (χ4v) is 3.10. The summed E-state index contributed by atoms with van der Waals surface area (Å²) in [5.74, 6) is -0.244. The number of carbonyl (C=O) groups is 2. The van der Waals surface area contributed by atoms with Gasteiger partial charge in [-0.1, -0.05) is 12.8 Å². The maximum Gasteiger partial charge on any atom is 0.338 e. The van der Waals surface area contributed by atoms with Crippen molar-refractivity contribution in [2.24, 2.45) is 0 Å². The molecule has 118 valence electrons. The van der Waals surface area contributed by atoms with Crippen LogP contribution in [0.15, 0.2) is 5.38 Å². The Labute approximate surface area is 131 Å². The number of ether oxygens (including phenoxy) is 1. The van der Waals surface area contributed by atoms with Gasteiger partial charge in [-0.05, 0) is 45.3 Å². The van der Waals surface area contributed by atoms with E-state index in [4.69, 9.17) is 0 Å². The Morgan fingerprint density at radius 2 is 1.90 bits per heavy atom. The number of likely N-dealkylation sites (tertiary alicyclic amines) is 1. The van der Waals surface area contributed by atoms with Gasteiger partial charge in [0.05, 0.1) is 19.2 Å². The zero-order valence-corrected chi connectivity index (χ0v) is 14.0. The van der Waals surface area contributed by atoms with Crippen LogP contribution in [0.1, 0.15) is 46.5 Å². The van der Waals surface area contributed by atoms with E-state index in [2.05, 4.69) is 9.64 Å². The number of nitrogens with zero attached hydrogens (tertiary/aromatic N) is 1. The zero-order chi connectivity index (χ0) is 15.7. The summed E-state index contributed by atoms with van der Waals surface area (Å²) in [5.41, 5.74) is 1.72. The molecule has 1 aromatic rings. The summed E-state index contributed by atoms with van der Waals surface area (Å²) < 4.78 is 4.60. The van der Waals surface area contributed by atoms with Crippen LogP contribution in [0.2, 0.25) is 0 Å². The Bertz CT molecular complexity index is 448. The lowest BCUT2D eigenvalue weighted by molar-refractivity contribution is -0.108. The normalized spacial score (nSPS) is 15.6. The average Bonchev–Trinajstić information content (AvgIpc) is 2.71. The number of rotatable bonds is 3. The molecule has 1 aliphatic heterocycles. The van der Waals surface area contributed by atoms with E-state index in [1.54, 1.807) is 11.3 Å². The molecule has 21 heavy (non-hydrogen) atoms. The number of hydrogen-bond donors (Lipinski definition) is 0. The molecule has 1 aromatic heterocycles. The molecule has 0 bridgehead atoms. The quantitative estimate of drug-likeness (QED) is 0.635. The molecule has 2 heterocycles. The van der Waals surface area contributed by atoms with Gasteiger partial charge in [-0.2, -0.15) is 0 Å². The molecule has 0 aromatic carbocycles. The van der Waals surface area contributed by atoms with Crippen molar-refractivity contribution < 1.29 is 14.3 Å². The van der Waals surface area contributed by atoms with Crippen LogP contribution >= 0.6 is 11.3 Å². The molecular weight excluding hydrogens is 286 g/mol. The third kappa shape index (κ3) is 5.98. The Kier molecular flexibility index (Phi) is 8.23. The van der Waals surface area contributed by atoms with E-state index in [0.29, 0.717) is 12.1 Å². The first-order valence-electron chi connectivity index (χ1n) is 7.39. The first-order valence-corrected chi connectivity index (χ1v) is 8.27. The van der Waals surface area contributed by atoms with Crippen molar-refractivity contribution in [3.8, 4) is 0 Å². The second-order valence-corrected chi connectivity index (χ2v) is 6.29. The lowest BCUT2D eigenvalue weighted by atomic mass is 10.2. The smallest absolute Gasteiger partial charge is 0.338 e. The van der Waals surface area contributed by atoms with Crippen LogP contribution in [0.3, 0.4) is 0 Å². The maximum atomic E-state index is 11.0. The third-order valence-corrected chi connectivity index (χ3v) is 4.74. The number of thiophene rings is 1. The van der Waals surface area contributed by atoms with Gasteiger partial charge in [-0.15, -0.1) is 11.3 Å². The SMILES string of the molecule is COC(=O)c1csc(C)c1C.O=CCN1CCCCCC1. The number of aldehydes is 1. The van der Waals surface area contributed by atoms with Crippen LogP contribution in [0, 0.1) is 13.8 Å². The summed E-state index contributed by atoms with van der Waals surface area (Å²) in [4.78, 5) is 24.6. The van der Waals surface area contributed by atoms with E-state index in [1.807, 2.05) is 19.2 Å². The van der Waals surface area contributed by atoms with Gasteiger partial charge in [0.1, 0.15) is 6.29 Å². The Balaban J connectivity index is 0.000000211. The van der Waals surface area contributed by atoms with Crippen LogP contribution in [0.25, 0.3) is 0 Å². The average molecular weight is 311 g/mol. The fourth-order valence-electron chi connectivity index (χ4n) is 2.25. The number of esters is 1. The molecule has 0 amide bonds. The minimum absolute atomic E-state index is 0.244. The highest BCUT2D eigenvalue weighted by molar-refractivity contribution is 7.10. The highest BCUT2D eigenvalue weighted by atomic mass is 32.1. The molecule has 1 fully saturated rings. The summed E-state index contributed by atoms with van der Waals surface area (Å²) in [6.07, 6.45) is 6.23. The van der Waals surface area contributed by atoms with Gasteiger partial charge in [0.15, 0.2) is 0 Å². The molecule has 2 rings (SSSR count). The number of methoxy groups -OCH3 is 1. The summed E-state index contributed by atoms with van der Waals surface area (Å²) in [6, 6.07) is 0. The molecular formula is C16H25NO3S. The summed E-state index contributed by atoms with van der Waals surface area (Å²) in [7, 11) is 1.40. The standard InChI is InChI=1S/C8H15NO.C8H10O2S/c10-8-7-9-5-3-1-2-4-6-9;1-5-6(2)11-4-7(5)8(9)10-3/h8H,1-7H2;4H,1-3H3. The van der Waals surface area contributed by atoms with E-state index >= 15 is 0 Å². The van der Waals surface area contributed by atoms with Crippen LogP contribution in [-0.2, 0) is 9.53 Å². The molecule has 0 unspecified atom stereocenters. The molecule has 1 saturated heterocycles. The summed E-state index contributed by atoms with van der Waals surface area (Å²) in [5, 5.41) is 1.83. The van der Waals surface area contributed by atoms with Crippen molar-refractivity contribution in [2.45, 2.75) is 39.5 Å². The molecule has 0 atom stereocenters. The van der Waals surface area contributed by atoms with E-state index in [0.717, 1.165) is 24.9 Å². The number of carbonyl (C=O) groups excluding carboxylic acids is 2. The maximum absolute atomic E-state index is 11.0. The largest absolute Gasteiger partial charge is 0.465 e. The first-order chi connectivity index (χ1) is 10.1. The molecule has 1 aliphatic rings. The van der Waals surface area contributed by atoms with Crippen molar-refractivity contribution in [1.82, 2.24) is 4.90 Å². The molecule has 5 heteroatoms. The summed E-state index contributed by atoms with van der Waals surface area (Å²) in [6.45, 7) is 6.81. The van der Waals surface area contributed by atoms with Crippen molar-refractivity contribution in [3.05, 3.63) is 21.4 Å². The summed E-state index contributed by atoms with van der Waals surface area (Å²) >= 11 is 1.57. The van der Waals surface area contributed by atoms with E-state index in [-0.39, 0.29) is 5.97 Å². The monoisotopic (exact) mass is 311 g/mol. The molecule has 0 N–H and O–H groups in total. The second kappa shape index (κ2) is 9.68. The first kappa shape index (κ1) is 17.9. The minimum atomic E-state index is -0.244. The predicted molar refractivity (Wildman–Crippen MR) is 86.1 cm³/mol. The zero-order valence-electron chi connectivity index (χ0n) is 13.2. The van der Waals surface area contributed by atoms with E-state index < -0.39 is 0 Å². The molecule has 4 nitrogen and oxygen atoms in total. The topological polar surface area (TPSA) is 46.6 Å². The molecule has 0 aliphatic carbocycles. The van der Waals surface area contributed by atoms with Crippen molar-refractivity contribution >= 4 is 23.6 Å². The van der Waals surface area contributed by atoms with Gasteiger partial charge in [0, 0.05) is 10.3 Å². The van der Waals surface area contributed by atoms with Crippen molar-refractivity contribution in [2.75, 3.05) is 26.7 Å². The van der Waals surface area contributed by atoms with Gasteiger partial charge in [-0.25, -0.2) is 4.79 Å². The highest BCUT2D eigenvalue weighted by Gasteiger charge is 2.11. The van der Waals surface area contributed by atoms with Gasteiger partial charge >= 0.3 is 5.97 Å². The molecule has 0 spiro atoms. The number of hydrogen-bond acceptors (Lipinski definition) is 5. The second-order valence-electron chi connectivity index (χ2n) is 5.20. The van der Waals surface area contributed by atoms with E-state index in [1.165, 1.54) is 37.7 Å². The molecule has 0 radical (unpaired) electrons. The Morgan fingerprint density at radius 1 is 1.29 bits per heavy atom. The lowest BCUT2D eigenvalue weighted by Gasteiger charge is -2.15. The van der Waals surface area contributed by atoms with Crippen LogP contribution in [0.5, 0.6) is 0 Å². The Hall–Kier alpha value is -1.20. The van der Waals surface area contributed by atoms with E-state index in [9.17, 15) is 9.59 Å². The van der Waals surface area contributed by atoms with Crippen molar-refractivity contribution in [3.63, 3.8) is 0 Å².